The van der Waals surface area contributed by atoms with Crippen LogP contribution in [0.4, 0.5) is 11.4 Å². The van der Waals surface area contributed by atoms with Crippen molar-refractivity contribution in [3.63, 3.8) is 0 Å². The Hall–Kier alpha value is -3.37. The van der Waals surface area contributed by atoms with Crippen molar-refractivity contribution in [1.29, 1.82) is 5.41 Å². The second kappa shape index (κ2) is 10.5. The SMILES string of the molecule is C=CCc1ccc([N+](=O)[O-])cc1N.N=C(N)N.O=[N+]([O-])O. The maximum absolute atomic E-state index is 10.4. The molecule has 11 nitrogen and oxygen atoms in total. The smallest absolute Gasteiger partial charge is 0.291 e. The number of nitrogens with two attached hydrogens (primary N) is 3. The Morgan fingerprint density at radius 2 is 1.81 bits per heavy atom. The molecule has 0 amide bonds. The number of nitro groups is 1. The van der Waals surface area contributed by atoms with Gasteiger partial charge in [-0.05, 0) is 18.1 Å². The van der Waals surface area contributed by atoms with E-state index < -0.39 is 10.0 Å². The molecule has 0 aliphatic rings. The third-order valence-corrected chi connectivity index (χ3v) is 1.70. The van der Waals surface area contributed by atoms with E-state index in [0.29, 0.717) is 12.1 Å². The van der Waals surface area contributed by atoms with Gasteiger partial charge >= 0.3 is 0 Å². The zero-order chi connectivity index (χ0) is 17.0. The average molecular weight is 300 g/mol. The maximum atomic E-state index is 10.4. The number of benzene rings is 1. The molecule has 1 aromatic rings. The van der Waals surface area contributed by atoms with Crippen LogP contribution in [-0.2, 0) is 6.42 Å². The summed E-state index contributed by atoms with van der Waals surface area (Å²) in [4.78, 5) is 18.2. The minimum Gasteiger partial charge on any atom is -0.398 e. The fourth-order valence-electron chi connectivity index (χ4n) is 1.04. The normalized spacial score (nSPS) is 8.19. The molecule has 8 N–H and O–H groups in total. The zero-order valence-corrected chi connectivity index (χ0v) is 10.9. The van der Waals surface area contributed by atoms with Crippen molar-refractivity contribution in [1.82, 2.24) is 0 Å². The number of rotatable bonds is 3. The largest absolute Gasteiger partial charge is 0.398 e. The summed E-state index contributed by atoms with van der Waals surface area (Å²) in [5, 5.41) is 30.0. The summed E-state index contributed by atoms with van der Waals surface area (Å²) in [6, 6.07) is 4.45. The van der Waals surface area contributed by atoms with Gasteiger partial charge in [0.05, 0.1) is 4.92 Å². The predicted octanol–water partition coefficient (Wildman–Crippen LogP) is 0.396. The van der Waals surface area contributed by atoms with Crippen molar-refractivity contribution in [3.8, 4) is 0 Å². The van der Waals surface area contributed by atoms with Crippen LogP contribution < -0.4 is 17.2 Å². The molecule has 0 bridgehead atoms. The van der Waals surface area contributed by atoms with Gasteiger partial charge < -0.3 is 22.4 Å². The van der Waals surface area contributed by atoms with E-state index >= 15 is 0 Å². The average Bonchev–Trinajstić information content (AvgIpc) is 2.30. The summed E-state index contributed by atoms with van der Waals surface area (Å²) in [5.74, 6) is -0.333. The van der Waals surface area contributed by atoms with E-state index in [1.807, 2.05) is 0 Å². The van der Waals surface area contributed by atoms with Gasteiger partial charge in [-0.25, -0.2) is 0 Å². The summed E-state index contributed by atoms with van der Waals surface area (Å²) >= 11 is 0. The van der Waals surface area contributed by atoms with E-state index in [1.165, 1.54) is 12.1 Å². The number of allylic oxidation sites excluding steroid dienone is 1. The molecular formula is C10H16N6O5. The van der Waals surface area contributed by atoms with Crippen LogP contribution in [0.5, 0.6) is 0 Å². The van der Waals surface area contributed by atoms with Crippen molar-refractivity contribution in [2.45, 2.75) is 6.42 Å². The summed E-state index contributed by atoms with van der Waals surface area (Å²) in [6.45, 7) is 3.57. The molecule has 0 aliphatic carbocycles. The first-order chi connectivity index (χ1) is 9.61. The van der Waals surface area contributed by atoms with Gasteiger partial charge in [-0.15, -0.1) is 16.7 Å². The number of non-ortho nitro benzene ring substituents is 1. The number of anilines is 1. The second-order valence-electron chi connectivity index (χ2n) is 3.33. The van der Waals surface area contributed by atoms with Crippen LogP contribution in [0.1, 0.15) is 5.56 Å². The van der Waals surface area contributed by atoms with Crippen LogP contribution in [0.2, 0.25) is 0 Å². The molecule has 0 saturated carbocycles. The molecule has 0 heterocycles. The molecule has 0 radical (unpaired) electrons. The van der Waals surface area contributed by atoms with Crippen LogP contribution in [0.25, 0.3) is 0 Å². The summed E-state index contributed by atoms with van der Waals surface area (Å²) in [7, 11) is 0. The van der Waals surface area contributed by atoms with E-state index in [4.69, 9.17) is 26.5 Å². The predicted molar refractivity (Wildman–Crippen MR) is 76.3 cm³/mol. The standard InChI is InChI=1S/C9H10N2O2.CH5N3.HNO3/c1-2-3-7-4-5-8(11(12)13)6-9(7)10;2*2-1(3)4/h2,4-6H,1,3,10H2;(H5,2,3,4);(H,2,3,4). The fraction of sp³-hybridized carbons (Fsp3) is 0.100. The highest BCUT2D eigenvalue weighted by Crippen LogP contribution is 2.20. The molecular weight excluding hydrogens is 284 g/mol. The minimum absolute atomic E-state index is 0.0188. The lowest BCUT2D eigenvalue weighted by atomic mass is 10.1. The molecule has 1 rings (SSSR count). The molecule has 0 unspecified atom stereocenters. The number of nitro benzene ring substituents is 1. The molecule has 0 aliphatic heterocycles. The molecule has 0 saturated heterocycles. The highest BCUT2D eigenvalue weighted by molar-refractivity contribution is 5.71. The van der Waals surface area contributed by atoms with Crippen LogP contribution in [-0.4, -0.2) is 21.2 Å². The first-order valence-corrected chi connectivity index (χ1v) is 5.18. The van der Waals surface area contributed by atoms with Gasteiger partial charge in [0.25, 0.3) is 10.8 Å². The van der Waals surface area contributed by atoms with E-state index in [9.17, 15) is 10.1 Å². The number of hydrogen-bond acceptors (Lipinski definition) is 6. The molecule has 0 atom stereocenters. The Kier molecular flexibility index (Phi) is 10.0. The Morgan fingerprint density at radius 1 is 1.38 bits per heavy atom. The van der Waals surface area contributed by atoms with Crippen molar-refractivity contribution in [3.05, 3.63) is 56.6 Å². The molecule has 11 heteroatoms. The number of nitrogens with one attached hydrogen (secondary N) is 1. The van der Waals surface area contributed by atoms with Crippen molar-refractivity contribution in [2.24, 2.45) is 11.5 Å². The van der Waals surface area contributed by atoms with Gasteiger partial charge in [-0.1, -0.05) is 6.08 Å². The first-order valence-electron chi connectivity index (χ1n) is 5.18. The molecule has 1 aromatic carbocycles. The summed E-state index contributed by atoms with van der Waals surface area (Å²) in [6.07, 6.45) is 2.33. The quantitative estimate of drug-likeness (QED) is 0.131. The fourth-order valence-corrected chi connectivity index (χ4v) is 1.04. The van der Waals surface area contributed by atoms with Crippen LogP contribution in [0, 0.1) is 25.6 Å². The van der Waals surface area contributed by atoms with E-state index in [-0.39, 0.29) is 11.6 Å². The molecule has 116 valence electrons. The van der Waals surface area contributed by atoms with Crippen molar-refractivity contribution < 1.29 is 15.2 Å². The number of nitrogens with zero attached hydrogens (tertiary/aromatic N) is 2. The number of nitrogen functional groups attached to an aromatic ring is 1. The van der Waals surface area contributed by atoms with Gasteiger partial charge in [0, 0.05) is 17.8 Å². The lowest BCUT2D eigenvalue weighted by Gasteiger charge is -2.01. The third-order valence-electron chi connectivity index (χ3n) is 1.70. The lowest BCUT2D eigenvalue weighted by Crippen LogP contribution is -2.20. The maximum Gasteiger partial charge on any atom is 0.291 e. The molecule has 0 aromatic heterocycles. The van der Waals surface area contributed by atoms with Crippen LogP contribution >= 0.6 is 0 Å². The summed E-state index contributed by atoms with van der Waals surface area (Å²) in [5.41, 5.74) is 15.9. The third kappa shape index (κ3) is 12.9. The molecule has 0 spiro atoms. The molecule has 0 fully saturated rings. The van der Waals surface area contributed by atoms with Crippen LogP contribution in [0.15, 0.2) is 30.9 Å². The van der Waals surface area contributed by atoms with E-state index in [2.05, 4.69) is 18.0 Å². The van der Waals surface area contributed by atoms with Gasteiger partial charge in [-0.2, -0.15) is 0 Å². The Balaban J connectivity index is 0. The monoisotopic (exact) mass is 300 g/mol. The van der Waals surface area contributed by atoms with Gasteiger partial charge in [-0.3, -0.25) is 15.5 Å². The topological polar surface area (TPSA) is 208 Å². The van der Waals surface area contributed by atoms with E-state index in [0.717, 1.165) is 5.56 Å². The Labute approximate surface area is 119 Å². The number of guanidine groups is 1. The van der Waals surface area contributed by atoms with Gasteiger partial charge in [0.1, 0.15) is 0 Å². The minimum atomic E-state index is -1.50. The zero-order valence-electron chi connectivity index (χ0n) is 10.9. The second-order valence-corrected chi connectivity index (χ2v) is 3.33. The van der Waals surface area contributed by atoms with E-state index in [1.54, 1.807) is 12.1 Å². The highest BCUT2D eigenvalue weighted by atomic mass is 16.9. The van der Waals surface area contributed by atoms with Crippen molar-refractivity contribution in [2.75, 3.05) is 5.73 Å². The van der Waals surface area contributed by atoms with Gasteiger partial charge in [0.2, 0.25) is 0 Å². The number of hydrogen-bond donors (Lipinski definition) is 5. The van der Waals surface area contributed by atoms with Crippen molar-refractivity contribution >= 4 is 17.3 Å². The molecule has 21 heavy (non-hydrogen) atoms. The van der Waals surface area contributed by atoms with Gasteiger partial charge in [0.15, 0.2) is 5.96 Å². The summed E-state index contributed by atoms with van der Waals surface area (Å²) < 4.78 is 0. The lowest BCUT2D eigenvalue weighted by molar-refractivity contribution is -0.742. The van der Waals surface area contributed by atoms with Crippen LogP contribution in [0.3, 0.4) is 0 Å². The first kappa shape index (κ1) is 20.0. The Bertz CT molecular complexity index is 499. The highest BCUT2D eigenvalue weighted by Gasteiger charge is 2.07. The Morgan fingerprint density at radius 3 is 2.10 bits per heavy atom.